The van der Waals surface area contributed by atoms with Gasteiger partial charge in [0, 0.05) is 44.8 Å². The summed E-state index contributed by atoms with van der Waals surface area (Å²) in [6.07, 6.45) is 0. The lowest BCUT2D eigenvalue weighted by Gasteiger charge is -2.45. The second-order valence-corrected chi connectivity index (χ2v) is 20.1. The van der Waals surface area contributed by atoms with Crippen LogP contribution in [0.1, 0.15) is 52.7 Å². The summed E-state index contributed by atoms with van der Waals surface area (Å²) in [6, 6.07) is 74.1. The molecule has 0 spiro atoms. The number of nitrogens with zero attached hydrogens (tertiary/aromatic N) is 2. The van der Waals surface area contributed by atoms with Crippen molar-refractivity contribution in [1.29, 1.82) is 0 Å². The number of furan rings is 1. The Hall–Kier alpha value is -7.56. The van der Waals surface area contributed by atoms with Gasteiger partial charge in [-0.3, -0.25) is 0 Å². The normalized spacial score (nSPS) is 13.2. The Kier molecular flexibility index (Phi) is 9.09. The van der Waals surface area contributed by atoms with Gasteiger partial charge in [0.1, 0.15) is 11.2 Å². The molecule has 3 heterocycles. The summed E-state index contributed by atoms with van der Waals surface area (Å²) in [7, 11) is 0. The van der Waals surface area contributed by atoms with Crippen LogP contribution in [0.5, 0.6) is 0 Å². The third-order valence-electron chi connectivity index (χ3n) is 14.0. The van der Waals surface area contributed by atoms with Crippen LogP contribution < -0.4 is 26.2 Å². The van der Waals surface area contributed by atoms with E-state index in [-0.39, 0.29) is 17.5 Å². The van der Waals surface area contributed by atoms with Crippen molar-refractivity contribution in [2.75, 3.05) is 9.80 Å². The number of anilines is 6. The summed E-state index contributed by atoms with van der Waals surface area (Å²) < 4.78 is 6.32. The molecule has 4 heteroatoms. The Bertz CT molecular complexity index is 3500. The lowest BCUT2D eigenvalue weighted by molar-refractivity contribution is 0.590. The average Bonchev–Trinajstić information content (AvgIpc) is 3.73. The molecule has 9 aromatic carbocycles. The van der Waals surface area contributed by atoms with E-state index in [0.29, 0.717) is 0 Å². The molecule has 0 N–H and O–H groups in total. The minimum atomic E-state index is -0.0481. The van der Waals surface area contributed by atoms with Gasteiger partial charge in [0.05, 0.1) is 5.69 Å². The number of fused-ring (bicyclic) bond motifs is 7. The van der Waals surface area contributed by atoms with Crippen LogP contribution in [0.3, 0.4) is 0 Å². The van der Waals surface area contributed by atoms with E-state index in [2.05, 4.69) is 245 Å². The highest BCUT2D eigenvalue weighted by molar-refractivity contribution is 7.00. The Morgan fingerprint density at radius 3 is 1.59 bits per heavy atom. The second kappa shape index (κ2) is 15.0. The monoisotopic (exact) mass is 850 g/mol. The standard InChI is InChI=1S/C62H51BN2O/c1-61(2,3)44-30-34-50-55(38-44)64(46-32-27-42(28-33-46)47-22-15-26-58-59(47)48-21-13-14-25-57(48)66-58)53-23-16-24-54-60(53)63(50)51-35-31-45(62(4,5)6)39-56(51)65(54)52-36-29-43(40-17-9-7-10-18-40)37-49(52)41-19-11-8-12-20-41/h7-39H,1-6H3. The summed E-state index contributed by atoms with van der Waals surface area (Å²) in [5.74, 6) is 0. The molecule has 0 fully saturated rings. The number of hydrogen-bond donors (Lipinski definition) is 0. The maximum atomic E-state index is 6.32. The third-order valence-corrected chi connectivity index (χ3v) is 14.0. The smallest absolute Gasteiger partial charge is 0.252 e. The molecule has 66 heavy (non-hydrogen) atoms. The number of para-hydroxylation sites is 1. The van der Waals surface area contributed by atoms with Crippen LogP contribution in [-0.4, -0.2) is 6.71 Å². The van der Waals surface area contributed by atoms with E-state index < -0.39 is 0 Å². The van der Waals surface area contributed by atoms with Gasteiger partial charge in [-0.1, -0.05) is 181 Å². The highest BCUT2D eigenvalue weighted by Crippen LogP contribution is 2.48. The van der Waals surface area contributed by atoms with Gasteiger partial charge in [-0.25, -0.2) is 0 Å². The van der Waals surface area contributed by atoms with Crippen LogP contribution in [0.15, 0.2) is 205 Å². The second-order valence-electron chi connectivity index (χ2n) is 20.1. The van der Waals surface area contributed by atoms with E-state index in [0.717, 1.165) is 38.9 Å². The minimum Gasteiger partial charge on any atom is -0.456 e. The Labute approximate surface area is 388 Å². The van der Waals surface area contributed by atoms with E-state index >= 15 is 0 Å². The average molecular weight is 851 g/mol. The van der Waals surface area contributed by atoms with Crippen molar-refractivity contribution < 1.29 is 4.42 Å². The molecule has 2 aliphatic rings. The molecule has 1 aromatic heterocycles. The van der Waals surface area contributed by atoms with E-state index in [1.807, 2.05) is 6.07 Å². The van der Waals surface area contributed by atoms with Crippen LogP contribution >= 0.6 is 0 Å². The summed E-state index contributed by atoms with van der Waals surface area (Å²) in [4.78, 5) is 5.10. The first-order chi connectivity index (χ1) is 32.0. The zero-order valence-corrected chi connectivity index (χ0v) is 38.4. The number of hydrogen-bond acceptors (Lipinski definition) is 3. The molecule has 0 amide bonds. The van der Waals surface area contributed by atoms with E-state index in [4.69, 9.17) is 4.42 Å². The van der Waals surface area contributed by atoms with Gasteiger partial charge in [0.15, 0.2) is 0 Å². The molecule has 318 valence electrons. The van der Waals surface area contributed by atoms with Crippen molar-refractivity contribution in [3.63, 3.8) is 0 Å². The van der Waals surface area contributed by atoms with Crippen molar-refractivity contribution in [2.24, 2.45) is 0 Å². The van der Waals surface area contributed by atoms with E-state index in [9.17, 15) is 0 Å². The van der Waals surface area contributed by atoms with Gasteiger partial charge in [0.25, 0.3) is 6.71 Å². The molecular formula is C62H51BN2O. The molecule has 3 nitrogen and oxygen atoms in total. The first-order valence-electron chi connectivity index (χ1n) is 23.3. The van der Waals surface area contributed by atoms with E-state index in [1.165, 1.54) is 78.1 Å². The zero-order chi connectivity index (χ0) is 44.9. The fourth-order valence-corrected chi connectivity index (χ4v) is 10.6. The number of rotatable bonds is 5. The van der Waals surface area contributed by atoms with Gasteiger partial charge >= 0.3 is 0 Å². The fourth-order valence-electron chi connectivity index (χ4n) is 10.6. The van der Waals surface area contributed by atoms with E-state index in [1.54, 1.807) is 0 Å². The van der Waals surface area contributed by atoms with Gasteiger partial charge < -0.3 is 14.2 Å². The topological polar surface area (TPSA) is 19.6 Å². The summed E-state index contributed by atoms with van der Waals surface area (Å²) in [5.41, 5.74) is 22.5. The van der Waals surface area contributed by atoms with Crippen molar-refractivity contribution in [2.45, 2.75) is 52.4 Å². The summed E-state index contributed by atoms with van der Waals surface area (Å²) >= 11 is 0. The lowest BCUT2D eigenvalue weighted by atomic mass is 9.33. The summed E-state index contributed by atoms with van der Waals surface area (Å²) in [5, 5.41) is 2.29. The third kappa shape index (κ3) is 6.42. The molecule has 0 saturated heterocycles. The van der Waals surface area contributed by atoms with Crippen LogP contribution in [0.2, 0.25) is 0 Å². The van der Waals surface area contributed by atoms with Crippen molar-refractivity contribution in [3.8, 4) is 33.4 Å². The van der Waals surface area contributed by atoms with Gasteiger partial charge in [-0.2, -0.15) is 0 Å². The Balaban J connectivity index is 1.10. The predicted octanol–water partition coefficient (Wildman–Crippen LogP) is 15.3. The first-order valence-corrected chi connectivity index (χ1v) is 23.3. The molecular weight excluding hydrogens is 800 g/mol. The zero-order valence-electron chi connectivity index (χ0n) is 38.4. The predicted molar refractivity (Wildman–Crippen MR) is 281 cm³/mol. The van der Waals surface area contributed by atoms with Crippen LogP contribution in [0.4, 0.5) is 34.1 Å². The molecule has 0 bridgehead atoms. The lowest BCUT2D eigenvalue weighted by Crippen LogP contribution is -2.61. The van der Waals surface area contributed by atoms with Gasteiger partial charge in [-0.15, -0.1) is 0 Å². The molecule has 10 aromatic rings. The maximum absolute atomic E-state index is 6.32. The molecule has 12 rings (SSSR count). The summed E-state index contributed by atoms with van der Waals surface area (Å²) in [6.45, 7) is 13.9. The van der Waals surface area contributed by atoms with Crippen LogP contribution in [0.25, 0.3) is 55.3 Å². The SMILES string of the molecule is CC(C)(C)c1ccc2c(c1)N(c1ccc(-c3cccc4oc5ccccc5c34)cc1)c1cccc3c1B2c1ccc(C(C)(C)C)cc1N3c1ccc(-c2ccccc2)cc1-c1ccccc1. The molecule has 0 saturated carbocycles. The quantitative estimate of drug-likeness (QED) is 0.161. The molecule has 0 atom stereocenters. The molecule has 2 aliphatic heterocycles. The highest BCUT2D eigenvalue weighted by Gasteiger charge is 2.44. The van der Waals surface area contributed by atoms with Crippen LogP contribution in [-0.2, 0) is 10.8 Å². The maximum Gasteiger partial charge on any atom is 0.252 e. The minimum absolute atomic E-state index is 0.0201. The fraction of sp³-hybridized carbons (Fsp3) is 0.129. The van der Waals surface area contributed by atoms with Crippen molar-refractivity contribution in [3.05, 3.63) is 211 Å². The highest BCUT2D eigenvalue weighted by atomic mass is 16.3. The Morgan fingerprint density at radius 2 is 0.924 bits per heavy atom. The van der Waals surface area contributed by atoms with Gasteiger partial charge in [-0.05, 0) is 127 Å². The first kappa shape index (κ1) is 40.0. The van der Waals surface area contributed by atoms with Crippen molar-refractivity contribution in [1.82, 2.24) is 0 Å². The molecule has 0 radical (unpaired) electrons. The van der Waals surface area contributed by atoms with Gasteiger partial charge in [0.2, 0.25) is 0 Å². The molecule has 0 aliphatic carbocycles. The largest absolute Gasteiger partial charge is 0.456 e. The number of benzene rings is 9. The van der Waals surface area contributed by atoms with Crippen molar-refractivity contribution >= 4 is 79.2 Å². The Morgan fingerprint density at radius 1 is 0.379 bits per heavy atom. The molecule has 0 unspecified atom stereocenters. The van der Waals surface area contributed by atoms with Crippen LogP contribution in [0, 0.1) is 0 Å².